The van der Waals surface area contributed by atoms with Gasteiger partial charge in [-0.05, 0) is 29.6 Å². The van der Waals surface area contributed by atoms with Crippen LogP contribution in [-0.4, -0.2) is 45.0 Å². The van der Waals surface area contributed by atoms with Gasteiger partial charge in [-0.3, -0.25) is 14.8 Å². The quantitative estimate of drug-likeness (QED) is 0.395. The van der Waals surface area contributed by atoms with Crippen molar-refractivity contribution in [3.8, 4) is 34.0 Å². The molecule has 0 saturated carbocycles. The van der Waals surface area contributed by atoms with Crippen molar-refractivity contribution in [2.24, 2.45) is 7.05 Å². The van der Waals surface area contributed by atoms with E-state index in [2.05, 4.69) is 30.6 Å². The molecule has 152 valence electrons. The van der Waals surface area contributed by atoms with Crippen LogP contribution < -0.4 is 0 Å². The molecular weight excluding hydrogens is 412 g/mol. The predicted octanol–water partition coefficient (Wildman–Crippen LogP) is 3.52. The fraction of sp³-hybridized carbons (Fsp3) is 0.0952. The molecule has 6 aromatic heterocycles. The van der Waals surface area contributed by atoms with E-state index < -0.39 is 0 Å². The van der Waals surface area contributed by atoms with E-state index in [1.54, 1.807) is 22.2 Å². The molecule has 3 N–H and O–H groups in total. The highest BCUT2D eigenvalue weighted by Gasteiger charge is 2.18. The highest BCUT2D eigenvalue weighted by atomic mass is 32.1. The second-order valence-corrected chi connectivity index (χ2v) is 7.92. The van der Waals surface area contributed by atoms with Crippen molar-refractivity contribution in [1.29, 1.82) is 0 Å². The normalized spacial score (nSPS) is 11.7. The summed E-state index contributed by atoms with van der Waals surface area (Å²) in [6.45, 7) is -0.157. The van der Waals surface area contributed by atoms with Crippen molar-refractivity contribution in [3.63, 3.8) is 0 Å². The van der Waals surface area contributed by atoms with Crippen LogP contribution in [0.15, 0.2) is 47.4 Å². The lowest BCUT2D eigenvalue weighted by molar-refractivity contribution is 0.276. The van der Waals surface area contributed by atoms with Crippen LogP contribution in [-0.2, 0) is 13.7 Å². The Kier molecular flexibility index (Phi) is 3.95. The second-order valence-electron chi connectivity index (χ2n) is 7.14. The van der Waals surface area contributed by atoms with Gasteiger partial charge in [0.15, 0.2) is 11.5 Å². The van der Waals surface area contributed by atoms with Gasteiger partial charge < -0.3 is 10.1 Å². The standard InChI is InChI=1S/C21H16N8OS/c1-29-8-12(16(9-30)28-29)13-2-3-15-19(23-13)20(27-26-15)21-24-14-4-6-22-17(18(14)25-21)11-5-7-31-10-11/h2-8,10,30H,9H2,1H3,(H,24,25)(H,26,27). The van der Waals surface area contributed by atoms with Crippen molar-refractivity contribution in [3.05, 3.63) is 53.1 Å². The Morgan fingerprint density at radius 1 is 1.06 bits per heavy atom. The number of aromatic nitrogens is 8. The molecule has 0 fully saturated rings. The topological polar surface area (TPSA) is 121 Å². The summed E-state index contributed by atoms with van der Waals surface area (Å²) in [5.74, 6) is 0.615. The van der Waals surface area contributed by atoms with Gasteiger partial charge in [0.05, 0.1) is 34.7 Å². The molecule has 0 spiro atoms. The van der Waals surface area contributed by atoms with Crippen LogP contribution in [0.25, 0.3) is 56.1 Å². The van der Waals surface area contributed by atoms with E-state index in [1.807, 2.05) is 42.9 Å². The third-order valence-corrected chi connectivity index (χ3v) is 5.84. The average Bonchev–Trinajstić information content (AvgIpc) is 3.57. The largest absolute Gasteiger partial charge is 0.390 e. The van der Waals surface area contributed by atoms with Crippen LogP contribution in [0, 0.1) is 0 Å². The first-order chi connectivity index (χ1) is 15.2. The van der Waals surface area contributed by atoms with Gasteiger partial charge in [-0.1, -0.05) is 0 Å². The zero-order valence-electron chi connectivity index (χ0n) is 16.4. The van der Waals surface area contributed by atoms with Crippen molar-refractivity contribution in [1.82, 2.24) is 39.9 Å². The summed E-state index contributed by atoms with van der Waals surface area (Å²) in [5.41, 5.74) is 7.72. The number of rotatable bonds is 4. The number of pyridine rings is 2. The number of aryl methyl sites for hydroxylation is 1. The van der Waals surface area contributed by atoms with E-state index in [0.717, 1.165) is 33.4 Å². The fourth-order valence-electron chi connectivity index (χ4n) is 3.74. The summed E-state index contributed by atoms with van der Waals surface area (Å²) in [7, 11) is 1.82. The molecule has 0 amide bonds. The number of hydrogen-bond acceptors (Lipinski definition) is 7. The Labute approximate surface area is 179 Å². The molecule has 10 heteroatoms. The summed E-state index contributed by atoms with van der Waals surface area (Å²) in [6.07, 6.45) is 3.62. The van der Waals surface area contributed by atoms with Crippen molar-refractivity contribution in [2.75, 3.05) is 0 Å². The number of fused-ring (bicyclic) bond motifs is 2. The summed E-state index contributed by atoms with van der Waals surface area (Å²) in [5, 5.41) is 25.5. The van der Waals surface area contributed by atoms with Crippen LogP contribution >= 0.6 is 11.3 Å². The molecule has 0 atom stereocenters. The SMILES string of the molecule is Cn1cc(-c2ccc3[nH]nc(-c4nc5c(-c6ccsc6)nccc5[nH]4)c3n2)c(CO)n1. The minimum Gasteiger partial charge on any atom is -0.390 e. The molecule has 9 nitrogen and oxygen atoms in total. The molecule has 0 saturated heterocycles. The summed E-state index contributed by atoms with van der Waals surface area (Å²) in [6, 6.07) is 7.74. The van der Waals surface area contributed by atoms with Crippen LogP contribution in [0.5, 0.6) is 0 Å². The lowest BCUT2D eigenvalue weighted by atomic mass is 10.1. The molecule has 0 unspecified atom stereocenters. The lowest BCUT2D eigenvalue weighted by Crippen LogP contribution is -1.92. The van der Waals surface area contributed by atoms with Crippen LogP contribution in [0.4, 0.5) is 0 Å². The van der Waals surface area contributed by atoms with E-state index >= 15 is 0 Å². The van der Waals surface area contributed by atoms with E-state index in [9.17, 15) is 5.11 Å². The van der Waals surface area contributed by atoms with Crippen molar-refractivity contribution < 1.29 is 5.11 Å². The van der Waals surface area contributed by atoms with Gasteiger partial charge in [0.1, 0.15) is 11.0 Å². The second kappa shape index (κ2) is 6.83. The fourth-order valence-corrected chi connectivity index (χ4v) is 4.38. The predicted molar refractivity (Wildman–Crippen MR) is 118 cm³/mol. The molecule has 0 radical (unpaired) electrons. The number of nitrogens with one attached hydrogen (secondary N) is 2. The molecule has 6 aromatic rings. The third-order valence-electron chi connectivity index (χ3n) is 5.16. The van der Waals surface area contributed by atoms with Crippen LogP contribution in [0.2, 0.25) is 0 Å². The molecule has 0 aliphatic heterocycles. The van der Waals surface area contributed by atoms with Crippen molar-refractivity contribution >= 4 is 33.4 Å². The zero-order chi connectivity index (χ0) is 20.9. The number of aliphatic hydroxyl groups is 1. The number of nitrogens with zero attached hydrogens (tertiary/aromatic N) is 6. The lowest BCUT2D eigenvalue weighted by Gasteiger charge is -2.00. The number of aliphatic hydroxyl groups excluding tert-OH is 1. The number of imidazole rings is 1. The van der Waals surface area contributed by atoms with Gasteiger partial charge in [0.25, 0.3) is 0 Å². The zero-order valence-corrected chi connectivity index (χ0v) is 17.2. The average molecular weight is 428 g/mol. The maximum Gasteiger partial charge on any atom is 0.161 e. The van der Waals surface area contributed by atoms with Gasteiger partial charge in [-0.25, -0.2) is 9.97 Å². The molecule has 31 heavy (non-hydrogen) atoms. The van der Waals surface area contributed by atoms with Gasteiger partial charge in [-0.2, -0.15) is 21.5 Å². The number of thiophene rings is 1. The minimum absolute atomic E-state index is 0.157. The number of aromatic amines is 2. The van der Waals surface area contributed by atoms with Gasteiger partial charge >= 0.3 is 0 Å². The Balaban J connectivity index is 1.52. The first-order valence-electron chi connectivity index (χ1n) is 9.58. The Morgan fingerprint density at radius 2 is 1.97 bits per heavy atom. The first kappa shape index (κ1) is 17.9. The Morgan fingerprint density at radius 3 is 2.81 bits per heavy atom. The molecule has 0 bridgehead atoms. The minimum atomic E-state index is -0.157. The van der Waals surface area contributed by atoms with E-state index in [0.29, 0.717) is 28.4 Å². The smallest absolute Gasteiger partial charge is 0.161 e. The molecule has 0 aliphatic rings. The number of hydrogen-bond donors (Lipinski definition) is 3. The number of H-pyrrole nitrogens is 2. The maximum atomic E-state index is 9.64. The van der Waals surface area contributed by atoms with Gasteiger partial charge in [-0.15, -0.1) is 0 Å². The highest BCUT2D eigenvalue weighted by molar-refractivity contribution is 7.08. The third kappa shape index (κ3) is 2.84. The van der Waals surface area contributed by atoms with E-state index in [-0.39, 0.29) is 6.61 Å². The molecule has 6 heterocycles. The van der Waals surface area contributed by atoms with E-state index in [4.69, 9.17) is 9.97 Å². The maximum absolute atomic E-state index is 9.64. The molecular formula is C21H16N8OS. The molecule has 0 aliphatic carbocycles. The van der Waals surface area contributed by atoms with Gasteiger partial charge in [0, 0.05) is 35.9 Å². The van der Waals surface area contributed by atoms with Crippen LogP contribution in [0.1, 0.15) is 5.69 Å². The first-order valence-corrected chi connectivity index (χ1v) is 10.5. The van der Waals surface area contributed by atoms with E-state index in [1.165, 1.54) is 0 Å². The monoisotopic (exact) mass is 428 g/mol. The summed E-state index contributed by atoms with van der Waals surface area (Å²) >= 11 is 1.62. The molecule has 0 aromatic carbocycles. The Bertz CT molecular complexity index is 1540. The van der Waals surface area contributed by atoms with Crippen molar-refractivity contribution in [2.45, 2.75) is 6.61 Å². The van der Waals surface area contributed by atoms with Gasteiger partial charge in [0.2, 0.25) is 0 Å². The van der Waals surface area contributed by atoms with Crippen LogP contribution in [0.3, 0.4) is 0 Å². The highest BCUT2D eigenvalue weighted by Crippen LogP contribution is 2.31. The Hall–Kier alpha value is -3.89. The summed E-state index contributed by atoms with van der Waals surface area (Å²) in [4.78, 5) is 17.5. The molecule has 6 rings (SSSR count). The summed E-state index contributed by atoms with van der Waals surface area (Å²) < 4.78 is 1.67.